The zero-order valence-electron chi connectivity index (χ0n) is 11.2. The molecule has 0 spiro atoms. The van der Waals surface area contributed by atoms with Gasteiger partial charge in [-0.05, 0) is 42.3 Å². The highest BCUT2D eigenvalue weighted by atomic mass is 32.2. The summed E-state index contributed by atoms with van der Waals surface area (Å²) in [7, 11) is 1.68. The monoisotopic (exact) mass is 274 g/mol. The van der Waals surface area contributed by atoms with E-state index in [4.69, 9.17) is 4.74 Å². The third kappa shape index (κ3) is 4.01. The zero-order chi connectivity index (χ0) is 13.7. The average molecular weight is 274 g/mol. The average Bonchev–Trinajstić information content (AvgIpc) is 2.45. The molecule has 0 fully saturated rings. The number of benzene rings is 2. The molecule has 19 heavy (non-hydrogen) atoms. The van der Waals surface area contributed by atoms with Gasteiger partial charge >= 0.3 is 0 Å². The number of hydrogen-bond donors (Lipinski definition) is 1. The van der Waals surface area contributed by atoms with E-state index in [1.54, 1.807) is 25.8 Å². The number of thioether (sulfide) groups is 1. The van der Waals surface area contributed by atoms with Gasteiger partial charge in [0.15, 0.2) is 0 Å². The van der Waals surface area contributed by atoms with E-state index in [0.717, 1.165) is 17.1 Å². The molecule has 0 aliphatic carbocycles. The van der Waals surface area contributed by atoms with Crippen molar-refractivity contribution in [3.63, 3.8) is 0 Å². The molecular formula is C16H18O2S. The molecule has 3 heteroatoms. The van der Waals surface area contributed by atoms with E-state index in [2.05, 4.69) is 12.1 Å². The molecule has 0 aliphatic rings. The van der Waals surface area contributed by atoms with Gasteiger partial charge in [-0.1, -0.05) is 24.3 Å². The van der Waals surface area contributed by atoms with Crippen molar-refractivity contribution in [2.24, 2.45) is 0 Å². The highest BCUT2D eigenvalue weighted by Gasteiger charge is 2.03. The molecule has 0 aliphatic heterocycles. The molecular weight excluding hydrogens is 256 g/mol. The minimum absolute atomic E-state index is 0.419. The van der Waals surface area contributed by atoms with Crippen LogP contribution in [0.5, 0.6) is 5.75 Å². The lowest BCUT2D eigenvalue weighted by molar-refractivity contribution is 0.199. The lowest BCUT2D eigenvalue weighted by Crippen LogP contribution is -1.90. The summed E-state index contributed by atoms with van der Waals surface area (Å²) in [6.45, 7) is 1.78. The molecule has 0 heterocycles. The number of aliphatic hydroxyl groups is 1. The Balaban J connectivity index is 2.03. The van der Waals surface area contributed by atoms with Crippen molar-refractivity contribution < 1.29 is 9.84 Å². The smallest absolute Gasteiger partial charge is 0.119 e. The van der Waals surface area contributed by atoms with Crippen LogP contribution < -0.4 is 4.74 Å². The highest BCUT2D eigenvalue weighted by Crippen LogP contribution is 2.26. The third-order valence-corrected chi connectivity index (χ3v) is 3.95. The number of aliphatic hydroxyl groups excluding tert-OH is 1. The Labute approximate surface area is 118 Å². The molecule has 0 amide bonds. The first-order valence-corrected chi connectivity index (χ1v) is 7.21. The lowest BCUT2D eigenvalue weighted by Gasteiger charge is -2.08. The van der Waals surface area contributed by atoms with Crippen LogP contribution in [0.15, 0.2) is 53.4 Å². The summed E-state index contributed by atoms with van der Waals surface area (Å²) in [5.41, 5.74) is 2.18. The van der Waals surface area contributed by atoms with Gasteiger partial charge in [0, 0.05) is 10.6 Å². The molecule has 2 aromatic carbocycles. The number of ether oxygens (including phenoxy) is 1. The first-order valence-electron chi connectivity index (χ1n) is 6.23. The largest absolute Gasteiger partial charge is 0.497 e. The van der Waals surface area contributed by atoms with Crippen molar-refractivity contribution in [1.29, 1.82) is 0 Å². The summed E-state index contributed by atoms with van der Waals surface area (Å²) in [5.74, 6) is 1.77. The molecule has 0 bridgehead atoms. The SMILES string of the molecule is COc1cccc(CSc2cccc(C(C)O)c2)c1. The van der Waals surface area contributed by atoms with Crippen LogP contribution in [0.3, 0.4) is 0 Å². The van der Waals surface area contributed by atoms with Gasteiger partial charge in [0.2, 0.25) is 0 Å². The molecule has 2 rings (SSSR count). The van der Waals surface area contributed by atoms with E-state index in [-0.39, 0.29) is 0 Å². The van der Waals surface area contributed by atoms with Crippen molar-refractivity contribution in [2.75, 3.05) is 7.11 Å². The first-order chi connectivity index (χ1) is 9.19. The van der Waals surface area contributed by atoms with E-state index in [1.807, 2.05) is 36.4 Å². The predicted molar refractivity (Wildman–Crippen MR) is 79.6 cm³/mol. The summed E-state index contributed by atoms with van der Waals surface area (Å²) in [6.07, 6.45) is -0.419. The molecule has 1 atom stereocenters. The van der Waals surface area contributed by atoms with Gasteiger partial charge < -0.3 is 9.84 Å². The third-order valence-electron chi connectivity index (χ3n) is 2.88. The minimum atomic E-state index is -0.419. The van der Waals surface area contributed by atoms with Crippen LogP contribution in [0, 0.1) is 0 Å². The van der Waals surface area contributed by atoms with Crippen molar-refractivity contribution in [3.8, 4) is 5.75 Å². The van der Waals surface area contributed by atoms with Crippen LogP contribution in [0.1, 0.15) is 24.2 Å². The van der Waals surface area contributed by atoms with Crippen molar-refractivity contribution in [3.05, 3.63) is 59.7 Å². The van der Waals surface area contributed by atoms with E-state index >= 15 is 0 Å². The molecule has 2 aromatic rings. The second-order valence-corrected chi connectivity index (χ2v) is 5.44. The fourth-order valence-electron chi connectivity index (χ4n) is 1.79. The quantitative estimate of drug-likeness (QED) is 0.834. The second-order valence-electron chi connectivity index (χ2n) is 4.39. The molecule has 0 saturated carbocycles. The van der Waals surface area contributed by atoms with Crippen LogP contribution in [0.2, 0.25) is 0 Å². The molecule has 0 aromatic heterocycles. The maximum Gasteiger partial charge on any atom is 0.119 e. The van der Waals surface area contributed by atoms with Gasteiger partial charge in [-0.15, -0.1) is 11.8 Å². The maximum atomic E-state index is 9.58. The van der Waals surface area contributed by atoms with Gasteiger partial charge in [0.25, 0.3) is 0 Å². The Morgan fingerprint density at radius 2 is 1.95 bits per heavy atom. The zero-order valence-corrected chi connectivity index (χ0v) is 12.0. The Hall–Kier alpha value is -1.45. The molecule has 1 unspecified atom stereocenters. The predicted octanol–water partition coefficient (Wildman–Crippen LogP) is 4.04. The van der Waals surface area contributed by atoms with E-state index in [9.17, 15) is 5.11 Å². The number of hydrogen-bond acceptors (Lipinski definition) is 3. The summed E-state index contributed by atoms with van der Waals surface area (Å²) in [5, 5.41) is 9.58. The highest BCUT2D eigenvalue weighted by molar-refractivity contribution is 7.98. The number of rotatable bonds is 5. The van der Waals surface area contributed by atoms with Crippen molar-refractivity contribution in [2.45, 2.75) is 23.7 Å². The van der Waals surface area contributed by atoms with Crippen LogP contribution in [0.25, 0.3) is 0 Å². The standard InChI is InChI=1S/C16H18O2S/c1-12(17)14-6-4-8-16(10-14)19-11-13-5-3-7-15(9-13)18-2/h3-10,12,17H,11H2,1-2H3. The molecule has 100 valence electrons. The Kier molecular flexibility index (Phi) is 4.88. The summed E-state index contributed by atoms with van der Waals surface area (Å²) in [4.78, 5) is 1.17. The van der Waals surface area contributed by atoms with E-state index in [1.165, 1.54) is 10.5 Å². The minimum Gasteiger partial charge on any atom is -0.497 e. The van der Waals surface area contributed by atoms with Crippen LogP contribution >= 0.6 is 11.8 Å². The van der Waals surface area contributed by atoms with Crippen LogP contribution in [0.4, 0.5) is 0 Å². The summed E-state index contributed by atoms with van der Waals surface area (Å²) >= 11 is 1.76. The summed E-state index contributed by atoms with van der Waals surface area (Å²) < 4.78 is 5.22. The normalized spacial score (nSPS) is 12.2. The van der Waals surface area contributed by atoms with E-state index < -0.39 is 6.10 Å². The van der Waals surface area contributed by atoms with Gasteiger partial charge in [0.05, 0.1) is 13.2 Å². The van der Waals surface area contributed by atoms with E-state index in [0.29, 0.717) is 0 Å². The maximum absolute atomic E-state index is 9.58. The van der Waals surface area contributed by atoms with Crippen molar-refractivity contribution in [1.82, 2.24) is 0 Å². The fourth-order valence-corrected chi connectivity index (χ4v) is 2.70. The van der Waals surface area contributed by atoms with Crippen molar-refractivity contribution >= 4 is 11.8 Å². The lowest BCUT2D eigenvalue weighted by atomic mass is 10.1. The Morgan fingerprint density at radius 3 is 2.68 bits per heavy atom. The van der Waals surface area contributed by atoms with Gasteiger partial charge in [-0.25, -0.2) is 0 Å². The topological polar surface area (TPSA) is 29.5 Å². The Morgan fingerprint density at radius 1 is 1.16 bits per heavy atom. The number of methoxy groups -OCH3 is 1. The van der Waals surface area contributed by atoms with Gasteiger partial charge in [0.1, 0.15) is 5.75 Å². The molecule has 2 nitrogen and oxygen atoms in total. The summed E-state index contributed by atoms with van der Waals surface area (Å²) in [6, 6.07) is 16.1. The molecule has 0 saturated heterocycles. The van der Waals surface area contributed by atoms with Gasteiger partial charge in [-0.2, -0.15) is 0 Å². The second kappa shape index (κ2) is 6.64. The first kappa shape index (κ1) is 14.0. The molecule has 0 radical (unpaired) electrons. The van der Waals surface area contributed by atoms with Crippen LogP contribution in [-0.2, 0) is 5.75 Å². The van der Waals surface area contributed by atoms with Gasteiger partial charge in [-0.3, -0.25) is 0 Å². The fraction of sp³-hybridized carbons (Fsp3) is 0.250. The Bertz CT molecular complexity index is 538. The molecule has 1 N–H and O–H groups in total. The van der Waals surface area contributed by atoms with Crippen LogP contribution in [-0.4, -0.2) is 12.2 Å².